The van der Waals surface area contributed by atoms with E-state index in [1.54, 1.807) is 17.0 Å². The number of esters is 1. The fourth-order valence-corrected chi connectivity index (χ4v) is 2.66. The molecule has 0 aliphatic heterocycles. The zero-order valence-electron chi connectivity index (χ0n) is 14.0. The lowest BCUT2D eigenvalue weighted by atomic mass is 10.1. The molecule has 0 saturated carbocycles. The van der Waals surface area contributed by atoms with Gasteiger partial charge in [0.05, 0.1) is 12.8 Å². The molecule has 7 heteroatoms. The molecule has 0 aliphatic rings. The first-order valence-corrected chi connectivity index (χ1v) is 8.08. The van der Waals surface area contributed by atoms with Crippen molar-refractivity contribution in [3.63, 3.8) is 0 Å². The molecular weight excluding hydrogens is 330 g/mol. The van der Waals surface area contributed by atoms with Crippen LogP contribution in [-0.2, 0) is 16.1 Å². The van der Waals surface area contributed by atoms with Gasteiger partial charge in [-0.25, -0.2) is 4.79 Å². The number of carbonyl (C=O) groups is 2. The lowest BCUT2D eigenvalue weighted by Crippen LogP contribution is -2.33. The van der Waals surface area contributed by atoms with Crippen LogP contribution in [0.25, 0.3) is 11.3 Å². The molecule has 0 unspecified atom stereocenters. The summed E-state index contributed by atoms with van der Waals surface area (Å²) in [7, 11) is 1.29. The minimum absolute atomic E-state index is 0.0270. The van der Waals surface area contributed by atoms with Crippen molar-refractivity contribution in [3.8, 4) is 11.3 Å². The minimum atomic E-state index is -0.558. The van der Waals surface area contributed by atoms with E-state index in [0.717, 1.165) is 0 Å². The first-order valence-electron chi connectivity index (χ1n) is 7.70. The number of methoxy groups -OCH3 is 1. The molecular formula is C17H20ClN3O3. The Morgan fingerprint density at radius 2 is 1.92 bits per heavy atom. The summed E-state index contributed by atoms with van der Waals surface area (Å²) in [6, 6.07) is 8.80. The van der Waals surface area contributed by atoms with Crippen LogP contribution in [0, 0.1) is 0 Å². The topological polar surface area (TPSA) is 64.4 Å². The highest BCUT2D eigenvalue weighted by molar-refractivity contribution is 6.33. The minimum Gasteiger partial charge on any atom is -0.464 e. The number of likely N-dealkylation sites (N-methyl/N-ethyl adjacent to an activating group) is 1. The van der Waals surface area contributed by atoms with Gasteiger partial charge in [0, 0.05) is 23.7 Å². The Balaban J connectivity index is 2.45. The molecule has 2 aromatic rings. The number of amides is 1. The van der Waals surface area contributed by atoms with Gasteiger partial charge in [0.25, 0.3) is 0 Å². The van der Waals surface area contributed by atoms with Gasteiger partial charge in [-0.1, -0.05) is 29.8 Å². The fraction of sp³-hybridized carbons (Fsp3) is 0.353. The van der Waals surface area contributed by atoms with Crippen LogP contribution in [0.3, 0.4) is 0 Å². The van der Waals surface area contributed by atoms with E-state index in [-0.39, 0.29) is 18.1 Å². The Kier molecular flexibility index (Phi) is 5.98. The standard InChI is InChI=1S/C17H20ClN3O3/c1-4-20(5-2)16(22)11-21-15(10-14(19-21)17(23)24-3)12-8-6-7-9-13(12)18/h6-10H,4-5,11H2,1-3H3. The lowest BCUT2D eigenvalue weighted by Gasteiger charge is -2.19. The van der Waals surface area contributed by atoms with Gasteiger partial charge in [-0.05, 0) is 26.0 Å². The van der Waals surface area contributed by atoms with Gasteiger partial charge in [0.2, 0.25) is 5.91 Å². The van der Waals surface area contributed by atoms with Gasteiger partial charge in [0.15, 0.2) is 5.69 Å². The molecule has 0 aliphatic carbocycles. The molecule has 0 radical (unpaired) electrons. The number of hydrogen-bond acceptors (Lipinski definition) is 4. The zero-order chi connectivity index (χ0) is 17.7. The molecule has 0 saturated heterocycles. The lowest BCUT2D eigenvalue weighted by molar-refractivity contribution is -0.131. The Hall–Kier alpha value is -2.34. The summed E-state index contributed by atoms with van der Waals surface area (Å²) in [5.74, 6) is -0.634. The molecule has 1 aromatic carbocycles. The van der Waals surface area contributed by atoms with Gasteiger partial charge >= 0.3 is 5.97 Å². The number of carbonyl (C=O) groups excluding carboxylic acids is 2. The first-order chi connectivity index (χ1) is 11.5. The van der Waals surface area contributed by atoms with E-state index >= 15 is 0 Å². The molecule has 0 bridgehead atoms. The van der Waals surface area contributed by atoms with Crippen LogP contribution >= 0.6 is 11.6 Å². The summed E-state index contributed by atoms with van der Waals surface area (Å²) >= 11 is 6.25. The number of ether oxygens (including phenoxy) is 1. The van der Waals surface area contributed by atoms with Crippen LogP contribution < -0.4 is 0 Å². The van der Waals surface area contributed by atoms with Gasteiger partial charge in [-0.2, -0.15) is 5.10 Å². The molecule has 0 spiro atoms. The van der Waals surface area contributed by atoms with Crippen LogP contribution in [-0.4, -0.2) is 46.8 Å². The molecule has 6 nitrogen and oxygen atoms in total. The van der Waals surface area contributed by atoms with Crippen molar-refractivity contribution in [3.05, 3.63) is 41.0 Å². The second kappa shape index (κ2) is 7.97. The molecule has 24 heavy (non-hydrogen) atoms. The maximum Gasteiger partial charge on any atom is 0.358 e. The normalized spacial score (nSPS) is 10.5. The highest BCUT2D eigenvalue weighted by atomic mass is 35.5. The third-order valence-electron chi connectivity index (χ3n) is 3.73. The number of hydrogen-bond donors (Lipinski definition) is 0. The van der Waals surface area contributed by atoms with E-state index < -0.39 is 5.97 Å². The summed E-state index contributed by atoms with van der Waals surface area (Å²) in [6.07, 6.45) is 0. The third-order valence-corrected chi connectivity index (χ3v) is 4.06. The summed E-state index contributed by atoms with van der Waals surface area (Å²) in [5, 5.41) is 4.74. The van der Waals surface area contributed by atoms with Crippen molar-refractivity contribution in [2.24, 2.45) is 0 Å². The molecule has 2 rings (SSSR count). The fourth-order valence-electron chi connectivity index (χ4n) is 2.43. The van der Waals surface area contributed by atoms with Crippen LogP contribution in [0.4, 0.5) is 0 Å². The number of benzene rings is 1. The van der Waals surface area contributed by atoms with Crippen molar-refractivity contribution in [1.29, 1.82) is 0 Å². The number of halogens is 1. The maximum atomic E-state index is 12.4. The van der Waals surface area contributed by atoms with Crippen LogP contribution in [0.15, 0.2) is 30.3 Å². The Bertz CT molecular complexity index is 738. The highest BCUT2D eigenvalue weighted by Gasteiger charge is 2.20. The summed E-state index contributed by atoms with van der Waals surface area (Å²) < 4.78 is 6.22. The number of aromatic nitrogens is 2. The van der Waals surface area contributed by atoms with E-state index in [1.807, 2.05) is 32.0 Å². The van der Waals surface area contributed by atoms with Crippen molar-refractivity contribution in [2.75, 3.05) is 20.2 Å². The Labute approximate surface area is 146 Å². The van der Waals surface area contributed by atoms with Gasteiger partial charge in [-0.15, -0.1) is 0 Å². The largest absolute Gasteiger partial charge is 0.464 e. The molecule has 128 valence electrons. The summed E-state index contributed by atoms with van der Waals surface area (Å²) in [5.41, 5.74) is 1.44. The van der Waals surface area contributed by atoms with Crippen molar-refractivity contribution < 1.29 is 14.3 Å². The smallest absolute Gasteiger partial charge is 0.358 e. The first kappa shape index (κ1) is 18.0. The second-order valence-corrected chi connectivity index (χ2v) is 5.52. The Morgan fingerprint density at radius 1 is 1.25 bits per heavy atom. The highest BCUT2D eigenvalue weighted by Crippen LogP contribution is 2.28. The van der Waals surface area contributed by atoms with Crippen LogP contribution in [0.2, 0.25) is 5.02 Å². The van der Waals surface area contributed by atoms with Crippen LogP contribution in [0.5, 0.6) is 0 Å². The van der Waals surface area contributed by atoms with Crippen molar-refractivity contribution >= 4 is 23.5 Å². The van der Waals surface area contributed by atoms with E-state index in [4.69, 9.17) is 16.3 Å². The SMILES string of the molecule is CCN(CC)C(=O)Cn1nc(C(=O)OC)cc1-c1ccccc1Cl. The number of rotatable bonds is 6. The van der Waals surface area contributed by atoms with Gasteiger partial charge < -0.3 is 9.64 Å². The average Bonchev–Trinajstić information content (AvgIpc) is 2.99. The Morgan fingerprint density at radius 3 is 2.50 bits per heavy atom. The molecule has 1 aromatic heterocycles. The van der Waals surface area contributed by atoms with Gasteiger partial charge in [-0.3, -0.25) is 9.48 Å². The molecule has 0 fully saturated rings. The molecule has 1 heterocycles. The molecule has 1 amide bonds. The summed E-state index contributed by atoms with van der Waals surface area (Å²) in [6.45, 7) is 5.09. The van der Waals surface area contributed by atoms with Gasteiger partial charge in [0.1, 0.15) is 6.54 Å². The molecule has 0 atom stereocenters. The third kappa shape index (κ3) is 3.76. The summed E-state index contributed by atoms with van der Waals surface area (Å²) in [4.78, 5) is 25.9. The average molecular weight is 350 g/mol. The van der Waals surface area contributed by atoms with E-state index in [1.165, 1.54) is 11.8 Å². The maximum absolute atomic E-state index is 12.4. The predicted molar refractivity (Wildman–Crippen MR) is 91.9 cm³/mol. The molecule has 0 N–H and O–H groups in total. The monoisotopic (exact) mass is 349 g/mol. The van der Waals surface area contributed by atoms with Crippen molar-refractivity contribution in [2.45, 2.75) is 20.4 Å². The van der Waals surface area contributed by atoms with E-state index in [0.29, 0.717) is 29.4 Å². The van der Waals surface area contributed by atoms with Crippen molar-refractivity contribution in [1.82, 2.24) is 14.7 Å². The van der Waals surface area contributed by atoms with Crippen LogP contribution in [0.1, 0.15) is 24.3 Å². The predicted octanol–water partition coefficient (Wildman–Crippen LogP) is 2.86. The quantitative estimate of drug-likeness (QED) is 0.752. The number of nitrogens with zero attached hydrogens (tertiary/aromatic N) is 3. The zero-order valence-corrected chi connectivity index (χ0v) is 14.7. The second-order valence-electron chi connectivity index (χ2n) is 5.11. The van der Waals surface area contributed by atoms with E-state index in [9.17, 15) is 9.59 Å². The van der Waals surface area contributed by atoms with E-state index in [2.05, 4.69) is 5.10 Å².